The number of hydrogen-bond donors (Lipinski definition) is 0. The Bertz CT molecular complexity index is 931. The summed E-state index contributed by atoms with van der Waals surface area (Å²) >= 11 is 0. The average Bonchev–Trinajstić information content (AvgIpc) is 3.32. The lowest BCUT2D eigenvalue weighted by atomic mass is 9.97. The minimum Gasteiger partial charge on any atom is -0.337 e. The Balaban J connectivity index is 1.50. The van der Waals surface area contributed by atoms with Crippen molar-refractivity contribution >= 4 is 5.91 Å². The third-order valence-corrected chi connectivity index (χ3v) is 5.06. The summed E-state index contributed by atoms with van der Waals surface area (Å²) in [5, 5.41) is 8.78. The molecule has 3 aromatic heterocycles. The minimum absolute atomic E-state index is 0.00999. The SMILES string of the molecule is Cc1cccc(C(=O)N2CCCC(c3nnc(Cn4ccnc4)n3C)C2)n1. The van der Waals surface area contributed by atoms with E-state index in [0.717, 1.165) is 36.7 Å². The summed E-state index contributed by atoms with van der Waals surface area (Å²) in [6, 6.07) is 5.56. The molecule has 0 bridgehead atoms. The number of aromatic nitrogens is 6. The van der Waals surface area contributed by atoms with E-state index in [-0.39, 0.29) is 11.8 Å². The van der Waals surface area contributed by atoms with Crippen molar-refractivity contribution in [3.05, 3.63) is 60.0 Å². The van der Waals surface area contributed by atoms with Gasteiger partial charge in [-0.25, -0.2) is 9.97 Å². The number of likely N-dealkylation sites (tertiary alicyclic amines) is 1. The molecular formula is C19H23N7O. The molecule has 4 rings (SSSR count). The number of hydrogen-bond acceptors (Lipinski definition) is 5. The van der Waals surface area contributed by atoms with Crippen molar-refractivity contribution in [2.75, 3.05) is 13.1 Å². The lowest BCUT2D eigenvalue weighted by Crippen LogP contribution is -2.40. The van der Waals surface area contributed by atoms with Gasteiger partial charge in [0.25, 0.3) is 5.91 Å². The number of aryl methyl sites for hydroxylation is 1. The molecule has 0 aliphatic carbocycles. The fourth-order valence-corrected chi connectivity index (χ4v) is 3.61. The van der Waals surface area contributed by atoms with Crippen LogP contribution in [0.3, 0.4) is 0 Å². The highest BCUT2D eigenvalue weighted by atomic mass is 16.2. The van der Waals surface area contributed by atoms with E-state index in [1.165, 1.54) is 0 Å². The molecule has 4 heterocycles. The zero-order valence-electron chi connectivity index (χ0n) is 15.6. The molecule has 1 aliphatic rings. The second-order valence-electron chi connectivity index (χ2n) is 7.02. The van der Waals surface area contributed by atoms with Crippen LogP contribution in [0.5, 0.6) is 0 Å². The third-order valence-electron chi connectivity index (χ3n) is 5.06. The fourth-order valence-electron chi connectivity index (χ4n) is 3.61. The molecule has 0 radical (unpaired) electrons. The van der Waals surface area contributed by atoms with Gasteiger partial charge in [-0.3, -0.25) is 4.79 Å². The Morgan fingerprint density at radius 2 is 2.19 bits per heavy atom. The summed E-state index contributed by atoms with van der Waals surface area (Å²) in [5.41, 5.74) is 1.36. The molecule has 8 heteroatoms. The Morgan fingerprint density at radius 1 is 1.30 bits per heavy atom. The summed E-state index contributed by atoms with van der Waals surface area (Å²) in [7, 11) is 1.99. The number of amides is 1. The van der Waals surface area contributed by atoms with Gasteiger partial charge in [0.1, 0.15) is 11.5 Å². The minimum atomic E-state index is -0.00999. The molecule has 1 amide bonds. The highest BCUT2D eigenvalue weighted by molar-refractivity contribution is 5.92. The van der Waals surface area contributed by atoms with Crippen molar-refractivity contribution in [1.82, 2.24) is 34.2 Å². The third kappa shape index (κ3) is 3.60. The Hall–Kier alpha value is -3.03. The summed E-state index contributed by atoms with van der Waals surface area (Å²) in [6.07, 6.45) is 7.38. The number of imidazole rings is 1. The van der Waals surface area contributed by atoms with Crippen molar-refractivity contribution < 1.29 is 4.79 Å². The summed E-state index contributed by atoms with van der Waals surface area (Å²) in [4.78, 5) is 23.2. The van der Waals surface area contributed by atoms with Gasteiger partial charge in [0.05, 0.1) is 12.9 Å². The largest absolute Gasteiger partial charge is 0.337 e. The second kappa shape index (κ2) is 7.30. The Labute approximate surface area is 157 Å². The van der Waals surface area contributed by atoms with E-state index in [1.807, 2.05) is 46.3 Å². The number of piperidine rings is 1. The predicted octanol–water partition coefficient (Wildman–Crippen LogP) is 1.78. The van der Waals surface area contributed by atoms with Crippen molar-refractivity contribution in [3.8, 4) is 0 Å². The highest BCUT2D eigenvalue weighted by Gasteiger charge is 2.29. The smallest absolute Gasteiger partial charge is 0.272 e. The van der Waals surface area contributed by atoms with Crippen LogP contribution in [0.4, 0.5) is 0 Å². The highest BCUT2D eigenvalue weighted by Crippen LogP contribution is 2.26. The molecule has 0 aromatic carbocycles. The summed E-state index contributed by atoms with van der Waals surface area (Å²) in [5.74, 6) is 1.98. The van der Waals surface area contributed by atoms with Crippen LogP contribution in [-0.4, -0.2) is 53.2 Å². The Kier molecular flexibility index (Phi) is 4.70. The van der Waals surface area contributed by atoms with Crippen molar-refractivity contribution in [2.45, 2.75) is 32.2 Å². The van der Waals surface area contributed by atoms with Crippen LogP contribution in [0, 0.1) is 6.92 Å². The van der Waals surface area contributed by atoms with Crippen molar-refractivity contribution in [1.29, 1.82) is 0 Å². The molecule has 1 saturated heterocycles. The number of carbonyl (C=O) groups excluding carboxylic acids is 1. The number of nitrogens with zero attached hydrogens (tertiary/aromatic N) is 7. The number of carbonyl (C=O) groups is 1. The molecule has 1 unspecified atom stereocenters. The van der Waals surface area contributed by atoms with Crippen LogP contribution in [0.15, 0.2) is 36.9 Å². The van der Waals surface area contributed by atoms with Crippen LogP contribution in [0.25, 0.3) is 0 Å². The first-order valence-electron chi connectivity index (χ1n) is 9.18. The van der Waals surface area contributed by atoms with Crippen LogP contribution in [0.2, 0.25) is 0 Å². The zero-order valence-corrected chi connectivity index (χ0v) is 15.6. The van der Waals surface area contributed by atoms with Crippen LogP contribution < -0.4 is 0 Å². The predicted molar refractivity (Wildman–Crippen MR) is 99.2 cm³/mol. The van der Waals surface area contributed by atoms with Gasteiger partial charge in [-0.05, 0) is 31.9 Å². The normalized spacial score (nSPS) is 17.3. The van der Waals surface area contributed by atoms with Gasteiger partial charge in [0.2, 0.25) is 0 Å². The lowest BCUT2D eigenvalue weighted by Gasteiger charge is -2.32. The molecule has 1 atom stereocenters. The maximum Gasteiger partial charge on any atom is 0.272 e. The molecule has 0 spiro atoms. The standard InChI is InChI=1S/C19H23N7O/c1-14-5-3-7-16(21-14)19(27)26-9-4-6-15(11-26)18-23-22-17(24(18)2)12-25-10-8-20-13-25/h3,5,7-8,10,13,15H,4,6,9,11-12H2,1-2H3. The van der Waals surface area contributed by atoms with Crippen molar-refractivity contribution in [2.24, 2.45) is 7.05 Å². The molecule has 27 heavy (non-hydrogen) atoms. The monoisotopic (exact) mass is 365 g/mol. The molecule has 140 valence electrons. The van der Waals surface area contributed by atoms with Crippen LogP contribution >= 0.6 is 0 Å². The maximum absolute atomic E-state index is 12.8. The van der Waals surface area contributed by atoms with Gasteiger partial charge < -0.3 is 14.0 Å². The quantitative estimate of drug-likeness (QED) is 0.704. The summed E-state index contributed by atoms with van der Waals surface area (Å²) in [6.45, 7) is 3.93. The van der Waals surface area contributed by atoms with E-state index in [9.17, 15) is 4.79 Å². The molecular weight excluding hydrogens is 342 g/mol. The number of pyridine rings is 1. The average molecular weight is 365 g/mol. The van der Waals surface area contributed by atoms with E-state index in [0.29, 0.717) is 18.8 Å². The first kappa shape index (κ1) is 17.4. The molecule has 8 nitrogen and oxygen atoms in total. The second-order valence-corrected chi connectivity index (χ2v) is 7.02. The van der Waals surface area contributed by atoms with Gasteiger partial charge in [0, 0.05) is 44.1 Å². The van der Waals surface area contributed by atoms with E-state index in [1.54, 1.807) is 18.6 Å². The molecule has 1 fully saturated rings. The first-order valence-corrected chi connectivity index (χ1v) is 9.18. The zero-order chi connectivity index (χ0) is 18.8. The molecule has 0 N–H and O–H groups in total. The lowest BCUT2D eigenvalue weighted by molar-refractivity contribution is 0.0697. The number of rotatable bonds is 4. The van der Waals surface area contributed by atoms with E-state index in [4.69, 9.17) is 0 Å². The topological polar surface area (TPSA) is 81.7 Å². The molecule has 1 aliphatic heterocycles. The van der Waals surface area contributed by atoms with Gasteiger partial charge in [-0.15, -0.1) is 10.2 Å². The molecule has 0 saturated carbocycles. The van der Waals surface area contributed by atoms with Gasteiger partial charge in [0.15, 0.2) is 5.82 Å². The van der Waals surface area contributed by atoms with Gasteiger partial charge >= 0.3 is 0 Å². The van der Waals surface area contributed by atoms with Gasteiger partial charge in [-0.1, -0.05) is 6.07 Å². The van der Waals surface area contributed by atoms with E-state index < -0.39 is 0 Å². The summed E-state index contributed by atoms with van der Waals surface area (Å²) < 4.78 is 4.01. The van der Waals surface area contributed by atoms with Crippen LogP contribution in [0.1, 0.15) is 46.6 Å². The van der Waals surface area contributed by atoms with E-state index in [2.05, 4.69) is 20.2 Å². The van der Waals surface area contributed by atoms with Crippen molar-refractivity contribution in [3.63, 3.8) is 0 Å². The Morgan fingerprint density at radius 3 is 2.96 bits per heavy atom. The van der Waals surface area contributed by atoms with Crippen LogP contribution in [-0.2, 0) is 13.6 Å². The molecule has 3 aromatic rings. The maximum atomic E-state index is 12.8. The first-order chi connectivity index (χ1) is 13.1. The fraction of sp³-hybridized carbons (Fsp3) is 0.421. The van der Waals surface area contributed by atoms with E-state index >= 15 is 0 Å². The van der Waals surface area contributed by atoms with Gasteiger partial charge in [-0.2, -0.15) is 0 Å².